The quantitative estimate of drug-likeness (QED) is 0.702. The highest BCUT2D eigenvalue weighted by molar-refractivity contribution is 5.64. The van der Waals surface area contributed by atoms with Gasteiger partial charge in [-0.25, -0.2) is 0 Å². The maximum absolute atomic E-state index is 5.68. The highest BCUT2D eigenvalue weighted by Crippen LogP contribution is 2.35. The Morgan fingerprint density at radius 3 is 2.67 bits per heavy atom. The van der Waals surface area contributed by atoms with Crippen LogP contribution in [0.4, 0.5) is 5.69 Å². The summed E-state index contributed by atoms with van der Waals surface area (Å²) in [5, 5.41) is 3.38. The predicted octanol–water partition coefficient (Wildman–Crippen LogP) is 3.10. The normalized spacial score (nSPS) is 15.2. The molecule has 0 unspecified atom stereocenters. The van der Waals surface area contributed by atoms with Crippen molar-refractivity contribution in [3.8, 4) is 5.75 Å². The number of aryl methyl sites for hydroxylation is 1. The van der Waals surface area contributed by atoms with E-state index in [1.165, 1.54) is 11.1 Å². The third kappa shape index (κ3) is 1.94. The van der Waals surface area contributed by atoms with E-state index < -0.39 is 0 Å². The second-order valence-electron chi connectivity index (χ2n) is 5.19. The molecule has 0 aromatic heterocycles. The van der Waals surface area contributed by atoms with Gasteiger partial charge in [-0.1, -0.05) is 26.8 Å². The van der Waals surface area contributed by atoms with Gasteiger partial charge in [0.1, 0.15) is 12.4 Å². The van der Waals surface area contributed by atoms with Crippen molar-refractivity contribution in [1.29, 1.82) is 0 Å². The molecule has 0 amide bonds. The number of hydrogen-bond donors (Lipinski definition) is 1. The lowest BCUT2D eigenvalue weighted by Crippen LogP contribution is -2.20. The van der Waals surface area contributed by atoms with Crippen molar-refractivity contribution in [3.63, 3.8) is 0 Å². The number of rotatable bonds is 0. The van der Waals surface area contributed by atoms with Crippen LogP contribution >= 0.6 is 0 Å². The molecule has 1 aliphatic rings. The van der Waals surface area contributed by atoms with Gasteiger partial charge in [0.05, 0.1) is 5.69 Å². The van der Waals surface area contributed by atoms with Gasteiger partial charge in [-0.15, -0.1) is 0 Å². The molecule has 0 aliphatic carbocycles. The molecule has 0 saturated heterocycles. The Morgan fingerprint density at radius 2 is 2.00 bits per heavy atom. The zero-order valence-electron chi connectivity index (χ0n) is 9.98. The lowest BCUT2D eigenvalue weighted by Gasteiger charge is -2.26. The fourth-order valence-corrected chi connectivity index (χ4v) is 1.87. The van der Waals surface area contributed by atoms with E-state index in [1.54, 1.807) is 0 Å². The van der Waals surface area contributed by atoms with Crippen LogP contribution in [0.1, 0.15) is 31.9 Å². The number of ether oxygens (including phenoxy) is 1. The van der Waals surface area contributed by atoms with E-state index in [2.05, 4.69) is 45.1 Å². The Hall–Kier alpha value is -1.18. The highest BCUT2D eigenvalue weighted by Gasteiger charge is 2.19. The van der Waals surface area contributed by atoms with Crippen LogP contribution in [0.15, 0.2) is 12.1 Å². The number of benzene rings is 1. The molecule has 0 fully saturated rings. The Kier molecular flexibility index (Phi) is 2.37. The lowest BCUT2D eigenvalue weighted by molar-refractivity contribution is 0.322. The van der Waals surface area contributed by atoms with Crippen LogP contribution in [0.3, 0.4) is 0 Å². The molecule has 0 bridgehead atoms. The molecule has 0 spiro atoms. The molecule has 1 aliphatic heterocycles. The topological polar surface area (TPSA) is 21.3 Å². The Labute approximate surface area is 91.6 Å². The first-order chi connectivity index (χ1) is 6.98. The van der Waals surface area contributed by atoms with Crippen LogP contribution in [0.5, 0.6) is 5.75 Å². The summed E-state index contributed by atoms with van der Waals surface area (Å²) in [5.41, 5.74) is 3.95. The summed E-state index contributed by atoms with van der Waals surface area (Å²) >= 11 is 0. The van der Waals surface area contributed by atoms with Crippen LogP contribution in [0, 0.1) is 6.92 Å². The van der Waals surface area contributed by atoms with Gasteiger partial charge in [0.2, 0.25) is 0 Å². The summed E-state index contributed by atoms with van der Waals surface area (Å²) in [6.07, 6.45) is 0. The van der Waals surface area contributed by atoms with Crippen molar-refractivity contribution in [2.45, 2.75) is 33.1 Å². The number of anilines is 1. The molecule has 0 saturated carbocycles. The third-order valence-electron chi connectivity index (χ3n) is 2.83. The summed E-state index contributed by atoms with van der Waals surface area (Å²) < 4.78 is 5.68. The molecule has 0 atom stereocenters. The fourth-order valence-electron chi connectivity index (χ4n) is 1.87. The molecular formula is C13H19NO. The first-order valence-electron chi connectivity index (χ1n) is 5.50. The first-order valence-corrected chi connectivity index (χ1v) is 5.50. The Balaban J connectivity index is 2.50. The minimum Gasteiger partial charge on any atom is -0.490 e. The van der Waals surface area contributed by atoms with Gasteiger partial charge < -0.3 is 10.1 Å². The second kappa shape index (κ2) is 3.44. The molecule has 1 N–H and O–H groups in total. The van der Waals surface area contributed by atoms with Gasteiger partial charge in [-0.2, -0.15) is 0 Å². The molecule has 2 nitrogen and oxygen atoms in total. The summed E-state index contributed by atoms with van der Waals surface area (Å²) in [7, 11) is 0. The summed E-state index contributed by atoms with van der Waals surface area (Å²) in [4.78, 5) is 0. The van der Waals surface area contributed by atoms with Crippen LogP contribution in [0.2, 0.25) is 0 Å². The van der Waals surface area contributed by atoms with E-state index in [-0.39, 0.29) is 5.41 Å². The summed E-state index contributed by atoms with van der Waals surface area (Å²) in [6.45, 7) is 10.5. The largest absolute Gasteiger partial charge is 0.490 e. The van der Waals surface area contributed by atoms with Gasteiger partial charge in [0, 0.05) is 6.54 Å². The van der Waals surface area contributed by atoms with Crippen LogP contribution in [0.25, 0.3) is 0 Å². The van der Waals surface area contributed by atoms with Gasteiger partial charge in [-0.05, 0) is 29.5 Å². The standard InChI is InChI=1S/C13H19NO/c1-9-7-10(13(2,3)4)8-11-12(9)14-5-6-15-11/h7-8,14H,5-6H2,1-4H3. The average molecular weight is 205 g/mol. The van der Waals surface area contributed by atoms with E-state index in [9.17, 15) is 0 Å². The minimum atomic E-state index is 0.181. The van der Waals surface area contributed by atoms with E-state index in [1.807, 2.05) is 0 Å². The SMILES string of the molecule is Cc1cc(C(C)(C)C)cc2c1NCCO2. The number of fused-ring (bicyclic) bond motifs is 1. The van der Waals surface area contributed by atoms with E-state index in [4.69, 9.17) is 4.74 Å². The van der Waals surface area contributed by atoms with Crippen molar-refractivity contribution in [2.75, 3.05) is 18.5 Å². The van der Waals surface area contributed by atoms with Gasteiger partial charge in [0.15, 0.2) is 0 Å². The Morgan fingerprint density at radius 1 is 1.27 bits per heavy atom. The maximum atomic E-state index is 5.68. The molecule has 82 valence electrons. The molecule has 2 heteroatoms. The molecule has 1 aromatic rings. The fraction of sp³-hybridized carbons (Fsp3) is 0.538. The molecule has 1 aromatic carbocycles. The molecular weight excluding hydrogens is 186 g/mol. The number of nitrogens with one attached hydrogen (secondary N) is 1. The van der Waals surface area contributed by atoms with Crippen molar-refractivity contribution < 1.29 is 4.74 Å². The highest BCUT2D eigenvalue weighted by atomic mass is 16.5. The van der Waals surface area contributed by atoms with Crippen molar-refractivity contribution >= 4 is 5.69 Å². The van der Waals surface area contributed by atoms with Crippen LogP contribution in [-0.4, -0.2) is 13.2 Å². The average Bonchev–Trinajstić information content (AvgIpc) is 2.16. The van der Waals surface area contributed by atoms with Crippen LogP contribution in [-0.2, 0) is 5.41 Å². The molecule has 1 heterocycles. The zero-order valence-corrected chi connectivity index (χ0v) is 9.98. The van der Waals surface area contributed by atoms with Crippen molar-refractivity contribution in [3.05, 3.63) is 23.3 Å². The minimum absolute atomic E-state index is 0.181. The monoisotopic (exact) mass is 205 g/mol. The zero-order chi connectivity index (χ0) is 11.1. The van der Waals surface area contributed by atoms with Crippen molar-refractivity contribution in [2.24, 2.45) is 0 Å². The van der Waals surface area contributed by atoms with Gasteiger partial charge in [-0.3, -0.25) is 0 Å². The molecule has 15 heavy (non-hydrogen) atoms. The van der Waals surface area contributed by atoms with Gasteiger partial charge >= 0.3 is 0 Å². The van der Waals surface area contributed by atoms with Crippen molar-refractivity contribution in [1.82, 2.24) is 0 Å². The summed E-state index contributed by atoms with van der Waals surface area (Å²) in [6, 6.07) is 4.41. The van der Waals surface area contributed by atoms with Crippen LogP contribution < -0.4 is 10.1 Å². The third-order valence-corrected chi connectivity index (χ3v) is 2.83. The van der Waals surface area contributed by atoms with E-state index in [0.717, 1.165) is 24.6 Å². The predicted molar refractivity (Wildman–Crippen MR) is 63.9 cm³/mol. The lowest BCUT2D eigenvalue weighted by atomic mass is 9.85. The van der Waals surface area contributed by atoms with Gasteiger partial charge in [0.25, 0.3) is 0 Å². The Bertz CT molecular complexity index is 377. The second-order valence-corrected chi connectivity index (χ2v) is 5.19. The first kappa shape index (κ1) is 10.3. The molecule has 2 rings (SSSR count). The smallest absolute Gasteiger partial charge is 0.143 e. The number of hydrogen-bond acceptors (Lipinski definition) is 2. The maximum Gasteiger partial charge on any atom is 0.143 e. The van der Waals surface area contributed by atoms with E-state index >= 15 is 0 Å². The molecule has 0 radical (unpaired) electrons. The van der Waals surface area contributed by atoms with E-state index in [0.29, 0.717) is 0 Å². The summed E-state index contributed by atoms with van der Waals surface area (Å²) in [5.74, 6) is 1.01.